The molecule has 0 saturated carbocycles. The number of hydrogen-bond donors (Lipinski definition) is 0. The first kappa shape index (κ1) is 13.0. The molecular formula is C14H7FINO3. The monoisotopic (exact) mass is 383 g/mol. The average molecular weight is 383 g/mol. The molecule has 4 nitrogen and oxygen atoms in total. The summed E-state index contributed by atoms with van der Waals surface area (Å²) < 4.78 is 23.9. The molecule has 0 atom stereocenters. The van der Waals surface area contributed by atoms with Gasteiger partial charge in [0.15, 0.2) is 9.46 Å². The van der Waals surface area contributed by atoms with E-state index in [1.807, 2.05) is 22.6 Å². The van der Waals surface area contributed by atoms with E-state index in [2.05, 4.69) is 4.99 Å². The highest BCUT2D eigenvalue weighted by Gasteiger charge is 2.24. The maximum Gasteiger partial charge on any atom is 0.363 e. The van der Waals surface area contributed by atoms with Gasteiger partial charge in [0.2, 0.25) is 5.90 Å². The number of halogens is 2. The lowest BCUT2D eigenvalue weighted by Crippen LogP contribution is -2.05. The van der Waals surface area contributed by atoms with Crippen LogP contribution in [0.5, 0.6) is 0 Å². The number of aliphatic imine (C=N–C) groups is 1. The lowest BCUT2D eigenvalue weighted by atomic mass is 10.2. The summed E-state index contributed by atoms with van der Waals surface area (Å²) in [4.78, 5) is 15.8. The van der Waals surface area contributed by atoms with E-state index in [0.29, 0.717) is 15.1 Å². The molecule has 0 radical (unpaired) electrons. The minimum atomic E-state index is -0.560. The van der Waals surface area contributed by atoms with Crippen LogP contribution >= 0.6 is 22.6 Å². The van der Waals surface area contributed by atoms with Crippen LogP contribution in [0.25, 0.3) is 6.08 Å². The average Bonchev–Trinajstić information content (AvgIpc) is 2.98. The van der Waals surface area contributed by atoms with Crippen molar-refractivity contribution in [2.45, 2.75) is 0 Å². The van der Waals surface area contributed by atoms with E-state index in [4.69, 9.17) is 9.15 Å². The normalized spacial score (nSPS) is 16.4. The Balaban J connectivity index is 1.92. The molecule has 0 N–H and O–H groups in total. The van der Waals surface area contributed by atoms with Gasteiger partial charge in [-0.15, -0.1) is 0 Å². The molecule has 0 aliphatic carbocycles. The fourth-order valence-electron chi connectivity index (χ4n) is 1.67. The maximum absolute atomic E-state index is 12.8. The van der Waals surface area contributed by atoms with Crippen LogP contribution in [-0.4, -0.2) is 11.9 Å². The van der Waals surface area contributed by atoms with Crippen molar-refractivity contribution in [3.8, 4) is 0 Å². The van der Waals surface area contributed by atoms with Crippen molar-refractivity contribution in [2.24, 2.45) is 4.99 Å². The lowest BCUT2D eigenvalue weighted by molar-refractivity contribution is -0.129. The number of furan rings is 1. The Morgan fingerprint density at radius 1 is 1.15 bits per heavy atom. The van der Waals surface area contributed by atoms with E-state index in [9.17, 15) is 9.18 Å². The summed E-state index contributed by atoms with van der Waals surface area (Å²) in [5.74, 6) is -0.247. The third-order valence-electron chi connectivity index (χ3n) is 2.58. The van der Waals surface area contributed by atoms with E-state index < -0.39 is 5.97 Å². The molecule has 1 aromatic heterocycles. The minimum Gasteiger partial charge on any atom is -0.451 e. The number of carbonyl (C=O) groups is 1. The Morgan fingerprint density at radius 3 is 2.55 bits per heavy atom. The Hall–Kier alpha value is -1.96. The molecule has 1 aliphatic rings. The molecule has 0 bridgehead atoms. The second-order valence-electron chi connectivity index (χ2n) is 3.98. The standard InChI is InChI=1S/C14H7FINO3/c15-9-3-1-8(2-4-9)13-17-11(14(18)20-13)7-10-5-6-12(16)19-10/h1-7H/b11-7+. The molecule has 0 spiro atoms. The summed E-state index contributed by atoms with van der Waals surface area (Å²) in [5, 5.41) is 0. The molecule has 0 amide bonds. The first-order chi connectivity index (χ1) is 9.61. The van der Waals surface area contributed by atoms with Crippen LogP contribution in [-0.2, 0) is 9.53 Å². The van der Waals surface area contributed by atoms with Gasteiger partial charge in [0, 0.05) is 11.6 Å². The number of ether oxygens (including phenoxy) is 1. The van der Waals surface area contributed by atoms with Crippen LogP contribution < -0.4 is 0 Å². The summed E-state index contributed by atoms with van der Waals surface area (Å²) in [6.45, 7) is 0. The summed E-state index contributed by atoms with van der Waals surface area (Å²) in [6, 6.07) is 9.07. The van der Waals surface area contributed by atoms with Gasteiger partial charge in [-0.1, -0.05) is 0 Å². The van der Waals surface area contributed by atoms with Gasteiger partial charge in [0.25, 0.3) is 0 Å². The van der Waals surface area contributed by atoms with Crippen LogP contribution in [0.4, 0.5) is 4.39 Å². The molecule has 1 aromatic carbocycles. The quantitative estimate of drug-likeness (QED) is 0.454. The highest BCUT2D eigenvalue weighted by molar-refractivity contribution is 14.1. The Morgan fingerprint density at radius 2 is 1.90 bits per heavy atom. The number of rotatable bonds is 2. The number of cyclic esters (lactones) is 1. The Bertz CT molecular complexity index is 731. The van der Waals surface area contributed by atoms with Crippen molar-refractivity contribution in [3.63, 3.8) is 0 Å². The lowest BCUT2D eigenvalue weighted by Gasteiger charge is -1.98. The number of esters is 1. The first-order valence-corrected chi connectivity index (χ1v) is 6.73. The van der Waals surface area contributed by atoms with Crippen molar-refractivity contribution in [1.29, 1.82) is 0 Å². The van der Waals surface area contributed by atoms with Crippen molar-refractivity contribution in [2.75, 3.05) is 0 Å². The van der Waals surface area contributed by atoms with Gasteiger partial charge in [-0.2, -0.15) is 0 Å². The molecule has 100 valence electrons. The highest BCUT2D eigenvalue weighted by Crippen LogP contribution is 2.20. The smallest absolute Gasteiger partial charge is 0.363 e. The third kappa shape index (κ3) is 2.64. The zero-order valence-corrected chi connectivity index (χ0v) is 12.1. The predicted molar refractivity (Wildman–Crippen MR) is 78.4 cm³/mol. The molecule has 1 aliphatic heterocycles. The molecule has 0 unspecified atom stereocenters. The molecule has 0 fully saturated rings. The van der Waals surface area contributed by atoms with Crippen LogP contribution in [0.3, 0.4) is 0 Å². The van der Waals surface area contributed by atoms with Crippen molar-refractivity contribution < 1.29 is 18.3 Å². The van der Waals surface area contributed by atoms with Crippen LogP contribution in [0, 0.1) is 9.58 Å². The van der Waals surface area contributed by atoms with E-state index >= 15 is 0 Å². The van der Waals surface area contributed by atoms with Crippen molar-refractivity contribution in [3.05, 3.63) is 63.0 Å². The highest BCUT2D eigenvalue weighted by atomic mass is 127. The number of benzene rings is 1. The van der Waals surface area contributed by atoms with Gasteiger partial charge in [0.1, 0.15) is 11.6 Å². The number of hydrogen-bond acceptors (Lipinski definition) is 4. The summed E-state index contributed by atoms with van der Waals surface area (Å²) >= 11 is 2.03. The number of nitrogens with zero attached hydrogens (tertiary/aromatic N) is 1. The van der Waals surface area contributed by atoms with Gasteiger partial charge in [0.05, 0.1) is 0 Å². The fraction of sp³-hybridized carbons (Fsp3) is 0. The topological polar surface area (TPSA) is 51.8 Å². The zero-order chi connectivity index (χ0) is 14.1. The molecule has 3 rings (SSSR count). The predicted octanol–water partition coefficient (Wildman–Crippen LogP) is 3.37. The van der Waals surface area contributed by atoms with Crippen molar-refractivity contribution in [1.82, 2.24) is 0 Å². The molecule has 6 heteroatoms. The molecule has 20 heavy (non-hydrogen) atoms. The minimum absolute atomic E-state index is 0.148. The maximum atomic E-state index is 12.8. The second-order valence-corrected chi connectivity index (χ2v) is 5.05. The summed E-state index contributed by atoms with van der Waals surface area (Å²) in [7, 11) is 0. The van der Waals surface area contributed by atoms with Crippen LogP contribution in [0.1, 0.15) is 11.3 Å². The van der Waals surface area contributed by atoms with Crippen LogP contribution in [0.15, 0.2) is 51.5 Å². The van der Waals surface area contributed by atoms with Gasteiger partial charge in [-0.05, 0) is 59.0 Å². The van der Waals surface area contributed by atoms with Gasteiger partial charge < -0.3 is 9.15 Å². The SMILES string of the molecule is O=C1OC(c2ccc(F)cc2)=N/C1=C/c1ccc(I)o1. The fourth-order valence-corrected chi connectivity index (χ4v) is 2.10. The summed E-state index contributed by atoms with van der Waals surface area (Å²) in [5.41, 5.74) is 0.687. The van der Waals surface area contributed by atoms with Crippen LogP contribution in [0.2, 0.25) is 0 Å². The van der Waals surface area contributed by atoms with Gasteiger partial charge in [-0.25, -0.2) is 14.2 Å². The van der Waals surface area contributed by atoms with Gasteiger partial charge >= 0.3 is 5.97 Å². The second kappa shape index (κ2) is 5.20. The number of carbonyl (C=O) groups excluding carboxylic acids is 1. The van der Waals surface area contributed by atoms with E-state index in [-0.39, 0.29) is 17.4 Å². The molecule has 2 aromatic rings. The van der Waals surface area contributed by atoms with E-state index in [0.717, 1.165) is 0 Å². The zero-order valence-electron chi connectivity index (χ0n) is 9.97. The summed E-state index contributed by atoms with van der Waals surface area (Å²) in [6.07, 6.45) is 1.50. The molecule has 0 saturated heterocycles. The van der Waals surface area contributed by atoms with Gasteiger partial charge in [-0.3, -0.25) is 0 Å². The Labute approximate surface area is 127 Å². The third-order valence-corrected chi connectivity index (χ3v) is 3.16. The van der Waals surface area contributed by atoms with Crippen molar-refractivity contribution >= 4 is 40.5 Å². The van der Waals surface area contributed by atoms with E-state index in [1.165, 1.54) is 30.3 Å². The Kier molecular flexibility index (Phi) is 3.39. The largest absolute Gasteiger partial charge is 0.451 e. The first-order valence-electron chi connectivity index (χ1n) is 5.66. The molecule has 2 heterocycles. The molecular weight excluding hydrogens is 376 g/mol. The van der Waals surface area contributed by atoms with E-state index in [1.54, 1.807) is 12.1 Å².